The van der Waals surface area contributed by atoms with Gasteiger partial charge in [0.25, 0.3) is 0 Å². The number of nitrogens with one attached hydrogen (secondary N) is 1. The molecule has 0 bridgehead atoms. The van der Waals surface area contributed by atoms with Gasteiger partial charge in [-0.1, -0.05) is 26.0 Å². The van der Waals surface area contributed by atoms with Crippen LogP contribution in [-0.4, -0.2) is 56.7 Å². The summed E-state index contributed by atoms with van der Waals surface area (Å²) < 4.78 is 0. The number of aliphatic imine (C=N–C) groups is 1. The Morgan fingerprint density at radius 1 is 1.24 bits per heavy atom. The number of hydrogen-bond acceptors (Lipinski definition) is 3. The first-order valence-corrected chi connectivity index (χ1v) is 9.12. The van der Waals surface area contributed by atoms with Crippen LogP contribution >= 0.6 is 24.0 Å². The molecule has 3 N–H and O–H groups in total. The number of nitrogens with two attached hydrogens (primary N) is 1. The molecule has 0 aromatic heterocycles. The largest absolute Gasteiger partial charge is 0.370 e. The molecular weight excluding hydrogens is 425 g/mol. The maximum Gasteiger partial charge on any atom is 0.188 e. The zero-order valence-electron chi connectivity index (χ0n) is 15.9. The molecule has 0 atom stereocenters. The lowest BCUT2D eigenvalue weighted by Gasteiger charge is -2.36. The molecule has 0 aliphatic carbocycles. The molecule has 6 heteroatoms. The molecule has 1 aromatic rings. The van der Waals surface area contributed by atoms with Crippen LogP contribution in [0.5, 0.6) is 0 Å². The van der Waals surface area contributed by atoms with Gasteiger partial charge in [0, 0.05) is 45.0 Å². The van der Waals surface area contributed by atoms with Gasteiger partial charge in [-0.05, 0) is 43.5 Å². The van der Waals surface area contributed by atoms with Gasteiger partial charge in [0.15, 0.2) is 5.96 Å². The number of aryl methyl sites for hydroxylation is 1. The first-order chi connectivity index (χ1) is 11.5. The molecule has 0 radical (unpaired) electrons. The number of guanidine groups is 1. The molecule has 142 valence electrons. The quantitative estimate of drug-likeness (QED) is 0.285. The number of benzene rings is 1. The zero-order chi connectivity index (χ0) is 17.4. The Labute approximate surface area is 170 Å². The van der Waals surface area contributed by atoms with Gasteiger partial charge in [-0.3, -0.25) is 9.89 Å². The van der Waals surface area contributed by atoms with E-state index >= 15 is 0 Å². The van der Waals surface area contributed by atoms with E-state index in [-0.39, 0.29) is 24.0 Å². The SMILES string of the molecule is Cc1cccc(N2CCN(CCCNC(N)=NCC(C)C)CC2)c1.I. The second-order valence-corrected chi connectivity index (χ2v) is 7.07. The number of nitrogens with zero attached hydrogens (tertiary/aromatic N) is 3. The minimum atomic E-state index is 0. The number of anilines is 1. The minimum absolute atomic E-state index is 0. The Bertz CT molecular complexity index is 524. The van der Waals surface area contributed by atoms with Crippen LogP contribution in [0.2, 0.25) is 0 Å². The Morgan fingerprint density at radius 3 is 2.60 bits per heavy atom. The van der Waals surface area contributed by atoms with E-state index < -0.39 is 0 Å². The van der Waals surface area contributed by atoms with Crippen molar-refractivity contribution in [3.8, 4) is 0 Å². The van der Waals surface area contributed by atoms with Gasteiger partial charge in [-0.15, -0.1) is 24.0 Å². The molecule has 25 heavy (non-hydrogen) atoms. The van der Waals surface area contributed by atoms with Crippen molar-refractivity contribution in [2.24, 2.45) is 16.6 Å². The van der Waals surface area contributed by atoms with E-state index in [1.54, 1.807) is 0 Å². The van der Waals surface area contributed by atoms with E-state index in [2.05, 4.69) is 65.1 Å². The Hall–Kier alpha value is -1.02. The number of rotatable bonds is 7. The van der Waals surface area contributed by atoms with Crippen molar-refractivity contribution in [3.05, 3.63) is 29.8 Å². The third-order valence-electron chi connectivity index (χ3n) is 4.32. The second kappa shape index (κ2) is 11.6. The van der Waals surface area contributed by atoms with E-state index in [1.165, 1.54) is 11.3 Å². The van der Waals surface area contributed by atoms with Gasteiger partial charge in [0.2, 0.25) is 0 Å². The number of piperazine rings is 1. The summed E-state index contributed by atoms with van der Waals surface area (Å²) in [6.07, 6.45) is 1.10. The lowest BCUT2D eigenvalue weighted by molar-refractivity contribution is 0.255. The van der Waals surface area contributed by atoms with Crippen LogP contribution in [0, 0.1) is 12.8 Å². The van der Waals surface area contributed by atoms with Crippen molar-refractivity contribution in [2.45, 2.75) is 27.2 Å². The van der Waals surface area contributed by atoms with Crippen molar-refractivity contribution in [1.82, 2.24) is 10.2 Å². The van der Waals surface area contributed by atoms with Gasteiger partial charge in [-0.25, -0.2) is 0 Å². The van der Waals surface area contributed by atoms with E-state index in [0.717, 1.165) is 52.2 Å². The first-order valence-electron chi connectivity index (χ1n) is 9.12. The van der Waals surface area contributed by atoms with Gasteiger partial charge in [0.05, 0.1) is 0 Å². The summed E-state index contributed by atoms with van der Waals surface area (Å²) in [7, 11) is 0. The Balaban J connectivity index is 0.00000312. The van der Waals surface area contributed by atoms with E-state index in [1.807, 2.05) is 0 Å². The lowest BCUT2D eigenvalue weighted by Crippen LogP contribution is -2.47. The molecule has 0 spiro atoms. The summed E-state index contributed by atoms with van der Waals surface area (Å²) in [6.45, 7) is 13.7. The maximum absolute atomic E-state index is 5.85. The molecule has 2 rings (SSSR count). The predicted octanol–water partition coefficient (Wildman–Crippen LogP) is 2.69. The molecule has 0 saturated carbocycles. The smallest absolute Gasteiger partial charge is 0.188 e. The average molecular weight is 459 g/mol. The van der Waals surface area contributed by atoms with Crippen LogP contribution in [0.4, 0.5) is 5.69 Å². The Kier molecular flexibility index (Phi) is 10.2. The van der Waals surface area contributed by atoms with Crippen LogP contribution in [0.25, 0.3) is 0 Å². The summed E-state index contributed by atoms with van der Waals surface area (Å²) in [6, 6.07) is 8.79. The highest BCUT2D eigenvalue weighted by atomic mass is 127. The summed E-state index contributed by atoms with van der Waals surface area (Å²) >= 11 is 0. The maximum atomic E-state index is 5.85. The molecular formula is C19H34IN5. The molecule has 0 unspecified atom stereocenters. The van der Waals surface area contributed by atoms with E-state index in [0.29, 0.717) is 11.9 Å². The van der Waals surface area contributed by atoms with E-state index in [4.69, 9.17) is 5.73 Å². The monoisotopic (exact) mass is 459 g/mol. The third-order valence-corrected chi connectivity index (χ3v) is 4.32. The molecule has 1 fully saturated rings. The van der Waals surface area contributed by atoms with Gasteiger partial charge in [0.1, 0.15) is 0 Å². The van der Waals surface area contributed by atoms with Crippen LogP contribution in [0.1, 0.15) is 25.8 Å². The predicted molar refractivity (Wildman–Crippen MR) is 119 cm³/mol. The van der Waals surface area contributed by atoms with Crippen LogP contribution in [0.15, 0.2) is 29.3 Å². The van der Waals surface area contributed by atoms with Crippen molar-refractivity contribution >= 4 is 35.6 Å². The molecule has 5 nitrogen and oxygen atoms in total. The van der Waals surface area contributed by atoms with E-state index in [9.17, 15) is 0 Å². The molecule has 0 amide bonds. The highest BCUT2D eigenvalue weighted by molar-refractivity contribution is 14.0. The molecule has 1 aromatic carbocycles. The average Bonchev–Trinajstić information content (AvgIpc) is 2.57. The van der Waals surface area contributed by atoms with Gasteiger partial charge >= 0.3 is 0 Å². The fourth-order valence-corrected chi connectivity index (χ4v) is 2.91. The van der Waals surface area contributed by atoms with Crippen LogP contribution in [-0.2, 0) is 0 Å². The standard InChI is InChI=1S/C19H33N5.HI/c1-16(2)15-22-19(20)21-8-5-9-23-10-12-24(13-11-23)18-7-4-6-17(3)14-18;/h4,6-7,14,16H,5,8-13,15H2,1-3H3,(H3,20,21,22);1H. The van der Waals surface area contributed by atoms with Crippen molar-refractivity contribution < 1.29 is 0 Å². The lowest BCUT2D eigenvalue weighted by atomic mass is 10.2. The topological polar surface area (TPSA) is 56.9 Å². The summed E-state index contributed by atoms with van der Waals surface area (Å²) in [4.78, 5) is 9.34. The minimum Gasteiger partial charge on any atom is -0.370 e. The fourth-order valence-electron chi connectivity index (χ4n) is 2.91. The summed E-state index contributed by atoms with van der Waals surface area (Å²) in [5.41, 5.74) is 8.54. The highest BCUT2D eigenvalue weighted by Gasteiger charge is 2.16. The second-order valence-electron chi connectivity index (χ2n) is 7.07. The van der Waals surface area contributed by atoms with Gasteiger partial charge < -0.3 is 16.0 Å². The van der Waals surface area contributed by atoms with Crippen molar-refractivity contribution in [2.75, 3.05) is 50.7 Å². The summed E-state index contributed by atoms with van der Waals surface area (Å²) in [5, 5.41) is 3.21. The van der Waals surface area contributed by atoms with Crippen molar-refractivity contribution in [1.29, 1.82) is 0 Å². The zero-order valence-corrected chi connectivity index (χ0v) is 18.2. The highest BCUT2D eigenvalue weighted by Crippen LogP contribution is 2.17. The Morgan fingerprint density at radius 2 is 1.96 bits per heavy atom. The molecule has 1 aliphatic heterocycles. The van der Waals surface area contributed by atoms with Crippen LogP contribution in [0.3, 0.4) is 0 Å². The third kappa shape index (κ3) is 8.27. The number of hydrogen-bond donors (Lipinski definition) is 2. The normalized spacial score (nSPS) is 16.0. The summed E-state index contributed by atoms with van der Waals surface area (Å²) in [5.74, 6) is 1.13. The molecule has 1 aliphatic rings. The van der Waals surface area contributed by atoms with Crippen LogP contribution < -0.4 is 16.0 Å². The molecule has 1 saturated heterocycles. The fraction of sp³-hybridized carbons (Fsp3) is 0.632. The first kappa shape index (κ1) is 22.0. The number of halogens is 1. The van der Waals surface area contributed by atoms with Gasteiger partial charge in [-0.2, -0.15) is 0 Å². The molecule has 1 heterocycles. The van der Waals surface area contributed by atoms with Crippen molar-refractivity contribution in [3.63, 3.8) is 0 Å².